The Morgan fingerprint density at radius 3 is 2.52 bits per heavy atom. The van der Waals surface area contributed by atoms with Crippen LogP contribution in [-0.2, 0) is 0 Å². The zero-order chi connectivity index (χ0) is 19.6. The van der Waals surface area contributed by atoms with Gasteiger partial charge in [0.25, 0.3) is 5.91 Å². The average molecular weight is 365 g/mol. The summed E-state index contributed by atoms with van der Waals surface area (Å²) in [5.74, 6) is 0.833. The van der Waals surface area contributed by atoms with Crippen molar-refractivity contribution in [1.29, 1.82) is 5.26 Å². The van der Waals surface area contributed by atoms with Gasteiger partial charge in [-0.15, -0.1) is 0 Å². The number of rotatable bonds is 4. The van der Waals surface area contributed by atoms with Gasteiger partial charge in [-0.25, -0.2) is 0 Å². The summed E-state index contributed by atoms with van der Waals surface area (Å²) in [5.41, 5.74) is 3.57. The van der Waals surface area contributed by atoms with E-state index in [9.17, 15) is 4.79 Å². The zero-order valence-electron chi connectivity index (χ0n) is 16.5. The number of likely N-dealkylation sites (tertiary alicyclic amines) is 1. The Kier molecular flexibility index (Phi) is 5.55. The lowest BCUT2D eigenvalue weighted by Gasteiger charge is -2.32. The van der Waals surface area contributed by atoms with Crippen molar-refractivity contribution in [3.63, 3.8) is 0 Å². The second kappa shape index (κ2) is 7.87. The monoisotopic (exact) mass is 365 g/mol. The van der Waals surface area contributed by atoms with Crippen molar-refractivity contribution in [2.45, 2.75) is 52.7 Å². The molecule has 2 aromatic rings. The number of nitriles is 1. The van der Waals surface area contributed by atoms with E-state index >= 15 is 0 Å². The molecule has 1 amide bonds. The summed E-state index contributed by atoms with van der Waals surface area (Å²) in [6, 6.07) is 11.7. The first-order valence-electron chi connectivity index (χ1n) is 9.55. The second-order valence-corrected chi connectivity index (χ2v) is 7.50. The number of hydrogen-bond donors (Lipinski definition) is 0. The number of amides is 1. The highest BCUT2D eigenvalue weighted by Gasteiger charge is 2.27. The number of piperidine rings is 1. The van der Waals surface area contributed by atoms with Crippen molar-refractivity contribution in [2.24, 2.45) is 0 Å². The molecule has 0 radical (unpaired) electrons. The van der Waals surface area contributed by atoms with Gasteiger partial charge in [0.05, 0.1) is 17.2 Å². The van der Waals surface area contributed by atoms with Crippen molar-refractivity contribution in [3.05, 3.63) is 52.8 Å². The molecule has 1 aromatic heterocycles. The fraction of sp³-hybridized carbons (Fsp3) is 0.455. The number of benzene rings is 1. The van der Waals surface area contributed by atoms with Crippen LogP contribution < -0.4 is 4.74 Å². The second-order valence-electron chi connectivity index (χ2n) is 7.50. The van der Waals surface area contributed by atoms with E-state index in [0.29, 0.717) is 24.7 Å². The first-order chi connectivity index (χ1) is 12.9. The van der Waals surface area contributed by atoms with E-state index in [2.05, 4.69) is 31.4 Å². The van der Waals surface area contributed by atoms with Crippen LogP contribution in [0.3, 0.4) is 0 Å². The fourth-order valence-corrected chi connectivity index (χ4v) is 3.97. The molecule has 0 saturated carbocycles. The summed E-state index contributed by atoms with van der Waals surface area (Å²) in [6.07, 6.45) is 1.67. The molecule has 27 heavy (non-hydrogen) atoms. The number of carbonyl (C=O) groups is 1. The molecule has 1 fully saturated rings. The standard InChI is InChI=1S/C22H27N3O2/c1-15(2)25-16(3)12-21(17(25)4)22(26)24-10-8-19(9-11-24)27-20-7-5-6-18(13-20)14-23/h5-7,12-13,15,19H,8-11H2,1-4H3. The predicted molar refractivity (Wildman–Crippen MR) is 105 cm³/mol. The molecule has 0 spiro atoms. The van der Waals surface area contributed by atoms with Crippen molar-refractivity contribution in [3.8, 4) is 11.8 Å². The normalized spacial score (nSPS) is 15.0. The van der Waals surface area contributed by atoms with Crippen LogP contribution in [0, 0.1) is 25.2 Å². The minimum Gasteiger partial charge on any atom is -0.490 e. The zero-order valence-corrected chi connectivity index (χ0v) is 16.5. The molecular formula is C22H27N3O2. The van der Waals surface area contributed by atoms with Crippen LogP contribution in [0.15, 0.2) is 30.3 Å². The van der Waals surface area contributed by atoms with E-state index in [1.165, 1.54) is 0 Å². The molecular weight excluding hydrogens is 338 g/mol. The average Bonchev–Trinajstić information content (AvgIpc) is 2.96. The molecule has 2 heterocycles. The van der Waals surface area contributed by atoms with Gasteiger partial charge in [0.1, 0.15) is 11.9 Å². The van der Waals surface area contributed by atoms with Crippen molar-refractivity contribution in [2.75, 3.05) is 13.1 Å². The number of ether oxygens (including phenoxy) is 1. The molecule has 5 heteroatoms. The maximum absolute atomic E-state index is 13.0. The fourth-order valence-electron chi connectivity index (χ4n) is 3.97. The van der Waals surface area contributed by atoms with Gasteiger partial charge in [0, 0.05) is 43.4 Å². The van der Waals surface area contributed by atoms with Gasteiger partial charge < -0.3 is 14.2 Å². The third kappa shape index (κ3) is 4.00. The molecule has 3 rings (SSSR count). The Bertz CT molecular complexity index is 868. The number of aromatic nitrogens is 1. The molecule has 0 bridgehead atoms. The first-order valence-corrected chi connectivity index (χ1v) is 9.55. The number of aryl methyl sites for hydroxylation is 1. The first kappa shape index (κ1) is 19.0. The van der Waals surface area contributed by atoms with Crippen LogP contribution in [-0.4, -0.2) is 34.6 Å². The van der Waals surface area contributed by atoms with Gasteiger partial charge >= 0.3 is 0 Å². The third-order valence-electron chi connectivity index (χ3n) is 5.23. The summed E-state index contributed by atoms with van der Waals surface area (Å²) >= 11 is 0. The van der Waals surface area contributed by atoms with Crippen LogP contribution >= 0.6 is 0 Å². The summed E-state index contributed by atoms with van der Waals surface area (Å²) in [6.45, 7) is 9.73. The Morgan fingerprint density at radius 1 is 1.22 bits per heavy atom. The van der Waals surface area contributed by atoms with Crippen LogP contribution in [0.5, 0.6) is 5.75 Å². The van der Waals surface area contributed by atoms with Crippen molar-refractivity contribution < 1.29 is 9.53 Å². The molecule has 0 aliphatic carbocycles. The molecule has 1 aromatic carbocycles. The van der Waals surface area contributed by atoms with E-state index in [-0.39, 0.29) is 12.0 Å². The quantitative estimate of drug-likeness (QED) is 0.814. The van der Waals surface area contributed by atoms with E-state index in [0.717, 1.165) is 35.5 Å². The SMILES string of the molecule is Cc1cc(C(=O)N2CCC(Oc3cccc(C#N)c3)CC2)c(C)n1C(C)C. The number of hydrogen-bond acceptors (Lipinski definition) is 3. The maximum Gasteiger partial charge on any atom is 0.255 e. The van der Waals surface area contributed by atoms with Crippen molar-refractivity contribution in [1.82, 2.24) is 9.47 Å². The Balaban J connectivity index is 1.63. The van der Waals surface area contributed by atoms with E-state index < -0.39 is 0 Å². The van der Waals surface area contributed by atoms with Crippen LogP contribution in [0.1, 0.15) is 60.0 Å². The third-order valence-corrected chi connectivity index (χ3v) is 5.23. The number of carbonyl (C=O) groups excluding carboxylic acids is 1. The smallest absolute Gasteiger partial charge is 0.255 e. The number of nitrogens with zero attached hydrogens (tertiary/aromatic N) is 3. The Hall–Kier alpha value is -2.74. The topological polar surface area (TPSA) is 58.3 Å². The van der Waals surface area contributed by atoms with Gasteiger partial charge in [-0.05, 0) is 52.0 Å². The van der Waals surface area contributed by atoms with Gasteiger partial charge in [0.2, 0.25) is 0 Å². The Labute approximate surface area is 161 Å². The Morgan fingerprint density at radius 2 is 1.93 bits per heavy atom. The van der Waals surface area contributed by atoms with Gasteiger partial charge in [-0.3, -0.25) is 4.79 Å². The summed E-state index contributed by atoms with van der Waals surface area (Å²) in [5, 5.41) is 9.00. The lowest BCUT2D eigenvalue weighted by atomic mass is 10.1. The highest BCUT2D eigenvalue weighted by molar-refractivity contribution is 5.95. The van der Waals surface area contributed by atoms with Crippen LogP contribution in [0.2, 0.25) is 0 Å². The molecule has 1 aliphatic rings. The highest BCUT2D eigenvalue weighted by Crippen LogP contribution is 2.24. The molecule has 0 atom stereocenters. The van der Waals surface area contributed by atoms with Crippen LogP contribution in [0.4, 0.5) is 0 Å². The van der Waals surface area contributed by atoms with E-state index in [4.69, 9.17) is 10.00 Å². The maximum atomic E-state index is 13.0. The lowest BCUT2D eigenvalue weighted by Crippen LogP contribution is -2.42. The minimum absolute atomic E-state index is 0.0751. The molecule has 0 N–H and O–H groups in total. The lowest BCUT2D eigenvalue weighted by molar-refractivity contribution is 0.0595. The van der Waals surface area contributed by atoms with Gasteiger partial charge in [-0.1, -0.05) is 6.07 Å². The van der Waals surface area contributed by atoms with Crippen molar-refractivity contribution >= 4 is 5.91 Å². The summed E-state index contributed by atoms with van der Waals surface area (Å²) in [4.78, 5) is 14.9. The molecule has 142 valence electrons. The predicted octanol–water partition coefficient (Wildman–Crippen LogP) is 4.24. The van der Waals surface area contributed by atoms with Gasteiger partial charge in [-0.2, -0.15) is 5.26 Å². The van der Waals surface area contributed by atoms with E-state index in [1.54, 1.807) is 12.1 Å². The highest BCUT2D eigenvalue weighted by atomic mass is 16.5. The van der Waals surface area contributed by atoms with E-state index in [1.807, 2.05) is 30.0 Å². The molecule has 1 saturated heterocycles. The largest absolute Gasteiger partial charge is 0.490 e. The molecule has 5 nitrogen and oxygen atoms in total. The summed E-state index contributed by atoms with van der Waals surface area (Å²) < 4.78 is 8.23. The molecule has 1 aliphatic heterocycles. The molecule has 0 unspecified atom stereocenters. The summed E-state index contributed by atoms with van der Waals surface area (Å²) in [7, 11) is 0. The minimum atomic E-state index is 0.0751. The van der Waals surface area contributed by atoms with Crippen LogP contribution in [0.25, 0.3) is 0 Å². The van der Waals surface area contributed by atoms with Gasteiger partial charge in [0.15, 0.2) is 0 Å².